The molecule has 4 aromatic rings. The maximum atomic E-state index is 13.3. The van der Waals surface area contributed by atoms with Crippen molar-refractivity contribution in [3.8, 4) is 17.2 Å². The zero-order valence-corrected chi connectivity index (χ0v) is 16.0. The third-order valence-electron chi connectivity index (χ3n) is 4.67. The van der Waals surface area contributed by atoms with Gasteiger partial charge in [-0.2, -0.15) is 9.78 Å². The number of hydrogen-bond acceptors (Lipinski definition) is 5. The van der Waals surface area contributed by atoms with E-state index >= 15 is 0 Å². The fourth-order valence-electron chi connectivity index (χ4n) is 3.37. The summed E-state index contributed by atoms with van der Waals surface area (Å²) in [6, 6.07) is 6.31. The lowest BCUT2D eigenvalue weighted by Gasteiger charge is -2.12. The molecule has 30 heavy (non-hydrogen) atoms. The SMILES string of the molecule is Cc1nc2c(C#N)c(C(F)F)[nH]n2c(=O)c1-c1c(C(N)=O)cnc2cc(Cl)ccc12. The van der Waals surface area contributed by atoms with Gasteiger partial charge < -0.3 is 5.73 Å². The van der Waals surface area contributed by atoms with Gasteiger partial charge in [-0.3, -0.25) is 19.7 Å². The third kappa shape index (κ3) is 2.79. The number of halogens is 3. The number of hydrogen-bond donors (Lipinski definition) is 2. The van der Waals surface area contributed by atoms with Gasteiger partial charge in [-0.15, -0.1) is 0 Å². The lowest BCUT2D eigenvalue weighted by atomic mass is 9.96. The van der Waals surface area contributed by atoms with E-state index in [1.165, 1.54) is 13.1 Å². The molecule has 0 aliphatic rings. The summed E-state index contributed by atoms with van der Waals surface area (Å²) >= 11 is 6.01. The van der Waals surface area contributed by atoms with E-state index in [4.69, 9.17) is 17.3 Å². The number of alkyl halides is 2. The highest BCUT2D eigenvalue weighted by atomic mass is 35.5. The quantitative estimate of drug-likeness (QED) is 0.517. The van der Waals surface area contributed by atoms with Crippen molar-refractivity contribution in [3.05, 3.63) is 62.3 Å². The molecule has 8 nitrogen and oxygen atoms in total. The van der Waals surface area contributed by atoms with Crippen LogP contribution in [0.25, 0.3) is 27.7 Å². The number of amides is 1. The highest BCUT2D eigenvalue weighted by Crippen LogP contribution is 2.33. The molecule has 0 atom stereocenters. The Morgan fingerprint density at radius 3 is 2.73 bits per heavy atom. The Kier molecular flexibility index (Phi) is 4.47. The average Bonchev–Trinajstić information content (AvgIpc) is 3.06. The molecular weight excluding hydrogens is 418 g/mol. The van der Waals surface area contributed by atoms with Crippen LogP contribution in [0.15, 0.2) is 29.2 Å². The molecule has 0 aliphatic carbocycles. The minimum Gasteiger partial charge on any atom is -0.366 e. The number of aromatic amines is 1. The molecule has 150 valence electrons. The lowest BCUT2D eigenvalue weighted by molar-refractivity contribution is 0.100. The number of nitriles is 1. The number of nitrogens with one attached hydrogen (secondary N) is 1. The first kappa shape index (κ1) is 19.5. The Morgan fingerprint density at radius 1 is 1.37 bits per heavy atom. The number of aromatic nitrogens is 4. The molecule has 0 bridgehead atoms. The largest absolute Gasteiger partial charge is 0.366 e. The molecule has 0 spiro atoms. The first-order valence-corrected chi connectivity index (χ1v) is 8.84. The predicted molar refractivity (Wildman–Crippen MR) is 104 cm³/mol. The number of nitrogens with two attached hydrogens (primary N) is 1. The number of H-pyrrole nitrogens is 1. The molecule has 0 fully saturated rings. The Morgan fingerprint density at radius 2 is 2.10 bits per heavy atom. The predicted octanol–water partition coefficient (Wildman–Crippen LogP) is 3.11. The molecule has 1 aromatic carbocycles. The summed E-state index contributed by atoms with van der Waals surface area (Å²) in [5, 5.41) is 12.3. The second-order valence-corrected chi connectivity index (χ2v) is 6.86. The summed E-state index contributed by atoms with van der Waals surface area (Å²) in [4.78, 5) is 33.7. The van der Waals surface area contributed by atoms with Crippen LogP contribution < -0.4 is 11.3 Å². The number of nitrogens with zero attached hydrogens (tertiary/aromatic N) is 4. The van der Waals surface area contributed by atoms with Gasteiger partial charge in [-0.05, 0) is 19.1 Å². The van der Waals surface area contributed by atoms with Crippen molar-refractivity contribution in [1.82, 2.24) is 19.6 Å². The summed E-state index contributed by atoms with van der Waals surface area (Å²) in [6.07, 6.45) is -1.81. The van der Waals surface area contributed by atoms with Crippen molar-refractivity contribution < 1.29 is 13.6 Å². The number of primary amides is 1. The smallest absolute Gasteiger partial charge is 0.281 e. The monoisotopic (exact) mass is 428 g/mol. The highest BCUT2D eigenvalue weighted by molar-refractivity contribution is 6.31. The molecule has 3 N–H and O–H groups in total. The van der Waals surface area contributed by atoms with Crippen LogP contribution in [0.5, 0.6) is 0 Å². The zero-order chi connectivity index (χ0) is 21.7. The molecule has 11 heteroatoms. The van der Waals surface area contributed by atoms with Crippen molar-refractivity contribution >= 4 is 34.1 Å². The lowest BCUT2D eigenvalue weighted by Crippen LogP contribution is -2.22. The number of carbonyl (C=O) groups excluding carboxylic acids is 1. The summed E-state index contributed by atoms with van der Waals surface area (Å²) in [5.74, 6) is -0.837. The van der Waals surface area contributed by atoms with Crippen molar-refractivity contribution in [3.63, 3.8) is 0 Å². The van der Waals surface area contributed by atoms with Gasteiger partial charge >= 0.3 is 0 Å². The molecule has 0 aliphatic heterocycles. The Labute approximate surface area is 171 Å². The number of fused-ring (bicyclic) bond motifs is 2. The second kappa shape index (κ2) is 6.89. The molecule has 3 aromatic heterocycles. The standard InChI is InChI=1S/C19H11ClF2N6O2/c1-7-13(19(30)28-18(26-7)10(5-23)15(27-28)16(21)22)14-9-3-2-8(20)4-12(9)25-6-11(14)17(24)29/h2-4,6,16,27H,1H3,(H2,24,29). The van der Waals surface area contributed by atoms with Crippen molar-refractivity contribution in [2.75, 3.05) is 0 Å². The van der Waals surface area contributed by atoms with Crippen LogP contribution in [-0.2, 0) is 0 Å². The Balaban J connectivity index is 2.19. The summed E-state index contributed by atoms with van der Waals surface area (Å²) in [6.45, 7) is 1.47. The van der Waals surface area contributed by atoms with Crippen LogP contribution in [-0.4, -0.2) is 25.5 Å². The zero-order valence-electron chi connectivity index (χ0n) is 15.2. The summed E-state index contributed by atoms with van der Waals surface area (Å²) in [7, 11) is 0. The first-order valence-electron chi connectivity index (χ1n) is 8.46. The van der Waals surface area contributed by atoms with E-state index in [2.05, 4.69) is 15.1 Å². The molecule has 0 saturated carbocycles. The van der Waals surface area contributed by atoms with E-state index < -0.39 is 29.1 Å². The first-order chi connectivity index (χ1) is 14.2. The number of aryl methyl sites for hydroxylation is 1. The van der Waals surface area contributed by atoms with Gasteiger partial charge in [-0.25, -0.2) is 13.8 Å². The van der Waals surface area contributed by atoms with Gasteiger partial charge in [0.1, 0.15) is 17.3 Å². The topological polar surface area (TPSA) is 130 Å². The van der Waals surface area contributed by atoms with E-state index in [1.807, 2.05) is 0 Å². The van der Waals surface area contributed by atoms with Crippen LogP contribution in [0.3, 0.4) is 0 Å². The number of carbonyl (C=O) groups is 1. The van der Waals surface area contributed by atoms with E-state index in [9.17, 15) is 23.6 Å². The van der Waals surface area contributed by atoms with Crippen LogP contribution >= 0.6 is 11.6 Å². The van der Waals surface area contributed by atoms with Gasteiger partial charge in [0, 0.05) is 22.2 Å². The maximum absolute atomic E-state index is 13.3. The van der Waals surface area contributed by atoms with Crippen LogP contribution in [0.2, 0.25) is 5.02 Å². The molecule has 0 radical (unpaired) electrons. The van der Waals surface area contributed by atoms with Gasteiger partial charge in [0.2, 0.25) is 0 Å². The number of pyridine rings is 1. The fraction of sp³-hybridized carbons (Fsp3) is 0.105. The van der Waals surface area contributed by atoms with Crippen LogP contribution in [0, 0.1) is 18.3 Å². The Bertz CT molecular complexity index is 1470. The molecule has 1 amide bonds. The van der Waals surface area contributed by atoms with Gasteiger partial charge in [0.25, 0.3) is 17.9 Å². The van der Waals surface area contributed by atoms with E-state index in [1.54, 1.807) is 24.3 Å². The molecular formula is C19H11ClF2N6O2. The Hall–Kier alpha value is -3.84. The molecule has 0 saturated heterocycles. The van der Waals surface area contributed by atoms with E-state index in [-0.39, 0.29) is 28.0 Å². The van der Waals surface area contributed by atoms with Crippen LogP contribution in [0.4, 0.5) is 8.78 Å². The molecule has 3 heterocycles. The fourth-order valence-corrected chi connectivity index (χ4v) is 3.54. The van der Waals surface area contributed by atoms with Crippen LogP contribution in [0.1, 0.15) is 33.7 Å². The summed E-state index contributed by atoms with van der Waals surface area (Å²) < 4.78 is 27.4. The van der Waals surface area contributed by atoms with Gasteiger partial charge in [0.05, 0.1) is 22.3 Å². The normalized spacial score (nSPS) is 11.3. The third-order valence-corrected chi connectivity index (χ3v) is 4.90. The van der Waals surface area contributed by atoms with Crippen molar-refractivity contribution in [1.29, 1.82) is 5.26 Å². The van der Waals surface area contributed by atoms with Gasteiger partial charge in [-0.1, -0.05) is 17.7 Å². The van der Waals surface area contributed by atoms with Crippen molar-refractivity contribution in [2.24, 2.45) is 5.73 Å². The second-order valence-electron chi connectivity index (χ2n) is 6.42. The van der Waals surface area contributed by atoms with E-state index in [0.717, 1.165) is 4.52 Å². The maximum Gasteiger partial charge on any atom is 0.281 e. The van der Waals surface area contributed by atoms with Gasteiger partial charge in [0.15, 0.2) is 5.65 Å². The number of rotatable bonds is 3. The minimum absolute atomic E-state index is 0.0393. The highest BCUT2D eigenvalue weighted by Gasteiger charge is 2.26. The van der Waals surface area contributed by atoms with E-state index in [0.29, 0.717) is 15.9 Å². The summed E-state index contributed by atoms with van der Waals surface area (Å²) in [5.41, 5.74) is 3.91. The number of benzene rings is 1. The average molecular weight is 429 g/mol. The molecule has 4 rings (SSSR count). The molecule has 0 unspecified atom stereocenters. The van der Waals surface area contributed by atoms with Crippen molar-refractivity contribution in [2.45, 2.75) is 13.3 Å². The minimum atomic E-state index is -3.02.